The van der Waals surface area contributed by atoms with Crippen LogP contribution in [-0.4, -0.2) is 18.5 Å². The fraction of sp³-hybridized carbons (Fsp3) is 0.786. The molecule has 0 spiro atoms. The Hall–Kier alpha value is -0.860. The van der Waals surface area contributed by atoms with E-state index in [9.17, 15) is 0 Å². The topological polar surface area (TPSA) is 18.5 Å². The van der Waals surface area contributed by atoms with Crippen LogP contribution in [0, 0.1) is 11.8 Å². The van der Waals surface area contributed by atoms with E-state index in [1.165, 1.54) is 75.4 Å². The highest BCUT2D eigenvalue weighted by Crippen LogP contribution is 2.42. The van der Waals surface area contributed by atoms with Gasteiger partial charge in [-0.05, 0) is 89.5 Å². The molecule has 2 atom stereocenters. The van der Waals surface area contributed by atoms with Crippen LogP contribution < -0.4 is 0 Å². The average molecular weight is 415 g/mol. The van der Waals surface area contributed by atoms with E-state index in [1.54, 1.807) is 0 Å². The lowest BCUT2D eigenvalue weighted by Crippen LogP contribution is -2.38. The zero-order valence-corrected chi connectivity index (χ0v) is 20.0. The minimum atomic E-state index is -0.178. The predicted octanol–water partition coefficient (Wildman–Crippen LogP) is 8.29. The van der Waals surface area contributed by atoms with E-state index >= 15 is 0 Å². The molecule has 3 rings (SSSR count). The Morgan fingerprint density at radius 1 is 0.733 bits per heavy atom. The highest BCUT2D eigenvalue weighted by atomic mass is 16.7. The van der Waals surface area contributed by atoms with Gasteiger partial charge in [0.2, 0.25) is 0 Å². The van der Waals surface area contributed by atoms with Crippen LogP contribution in [0.1, 0.15) is 111 Å². The van der Waals surface area contributed by atoms with Crippen LogP contribution in [0.5, 0.6) is 0 Å². The summed E-state index contributed by atoms with van der Waals surface area (Å²) >= 11 is 0. The molecular formula is C28H46O2. The Labute approximate surface area is 186 Å². The van der Waals surface area contributed by atoms with Gasteiger partial charge in [-0.25, -0.2) is 0 Å². The summed E-state index contributed by atoms with van der Waals surface area (Å²) in [7, 11) is 0. The molecule has 0 aromatic carbocycles. The van der Waals surface area contributed by atoms with Crippen molar-refractivity contribution in [3.8, 4) is 0 Å². The Bertz CT molecular complexity index is 560. The second kappa shape index (κ2) is 12.2. The molecule has 2 nitrogen and oxygen atoms in total. The molecule has 0 aromatic rings. The van der Waals surface area contributed by atoms with Crippen molar-refractivity contribution in [1.82, 2.24) is 0 Å². The Kier molecular flexibility index (Phi) is 9.71. The summed E-state index contributed by atoms with van der Waals surface area (Å²) in [4.78, 5) is 0. The van der Waals surface area contributed by atoms with E-state index in [-0.39, 0.29) is 6.29 Å². The molecule has 0 radical (unpaired) electrons. The maximum absolute atomic E-state index is 6.63. The Morgan fingerprint density at radius 2 is 1.23 bits per heavy atom. The van der Waals surface area contributed by atoms with E-state index < -0.39 is 0 Å². The summed E-state index contributed by atoms with van der Waals surface area (Å²) < 4.78 is 13.3. The largest absolute Gasteiger partial charge is 0.342 e. The number of rotatable bonds is 9. The summed E-state index contributed by atoms with van der Waals surface area (Å²) in [6.45, 7) is 11.0. The second-order valence-corrected chi connectivity index (χ2v) is 10.4. The Balaban J connectivity index is 1.53. The van der Waals surface area contributed by atoms with Gasteiger partial charge in [-0.2, -0.15) is 0 Å². The molecule has 0 aromatic heterocycles. The first-order valence-electron chi connectivity index (χ1n) is 12.8. The average Bonchev–Trinajstić information content (AvgIpc) is 3.20. The summed E-state index contributed by atoms with van der Waals surface area (Å²) in [5, 5.41) is 0. The van der Waals surface area contributed by atoms with Crippen LogP contribution in [0.4, 0.5) is 0 Å². The number of allylic oxidation sites excluding steroid dienone is 4. The van der Waals surface area contributed by atoms with Gasteiger partial charge >= 0.3 is 0 Å². The molecular weight excluding hydrogens is 368 g/mol. The lowest BCUT2D eigenvalue weighted by molar-refractivity contribution is -0.0530. The molecule has 3 fully saturated rings. The van der Waals surface area contributed by atoms with E-state index in [4.69, 9.17) is 9.47 Å². The van der Waals surface area contributed by atoms with Gasteiger partial charge in [0.25, 0.3) is 0 Å². The molecule has 3 aliphatic rings. The van der Waals surface area contributed by atoms with Gasteiger partial charge in [-0.1, -0.05) is 68.4 Å². The third-order valence-corrected chi connectivity index (χ3v) is 7.50. The molecule has 1 saturated heterocycles. The van der Waals surface area contributed by atoms with E-state index in [2.05, 4.69) is 39.5 Å². The van der Waals surface area contributed by atoms with Crippen LogP contribution in [0.2, 0.25) is 0 Å². The summed E-state index contributed by atoms with van der Waals surface area (Å²) in [6, 6.07) is 0. The molecule has 1 aliphatic heterocycles. The molecule has 0 N–H and O–H groups in total. The molecule has 0 amide bonds. The van der Waals surface area contributed by atoms with Crippen molar-refractivity contribution in [3.63, 3.8) is 0 Å². The molecule has 2 aliphatic carbocycles. The molecule has 2 saturated carbocycles. The first-order valence-corrected chi connectivity index (χ1v) is 12.8. The monoisotopic (exact) mass is 414 g/mol. The predicted molar refractivity (Wildman–Crippen MR) is 127 cm³/mol. The highest BCUT2D eigenvalue weighted by Gasteiger charge is 2.45. The zero-order chi connectivity index (χ0) is 21.3. The summed E-state index contributed by atoms with van der Waals surface area (Å²) in [5.41, 5.74) is 4.03. The van der Waals surface area contributed by atoms with Crippen molar-refractivity contribution in [3.05, 3.63) is 35.5 Å². The van der Waals surface area contributed by atoms with Crippen LogP contribution in [0.3, 0.4) is 0 Å². The van der Waals surface area contributed by atoms with Crippen LogP contribution in [-0.2, 0) is 9.47 Å². The highest BCUT2D eigenvalue weighted by molar-refractivity contribution is 5.08. The standard InChI is InChI=1S/C28H46O2/c1-21(2)13-11-14-22(3)15-12-16-23(4)28-29-26(24-17-7-5-8-18-24)27(30-28)25-19-9-6-10-20-25/h13,15,24-28H,4-12,14,16-20H2,1-3H3/t26-,27-/m1/s1. The third kappa shape index (κ3) is 7.09. The van der Waals surface area contributed by atoms with Crippen LogP contribution >= 0.6 is 0 Å². The Morgan fingerprint density at radius 3 is 1.73 bits per heavy atom. The fourth-order valence-electron chi connectivity index (χ4n) is 5.66. The smallest absolute Gasteiger partial charge is 0.180 e. The zero-order valence-electron chi connectivity index (χ0n) is 20.0. The van der Waals surface area contributed by atoms with Gasteiger partial charge in [-0.3, -0.25) is 0 Å². The van der Waals surface area contributed by atoms with Gasteiger partial charge in [0.05, 0.1) is 12.2 Å². The second-order valence-electron chi connectivity index (χ2n) is 10.4. The number of ether oxygens (including phenoxy) is 2. The molecule has 2 heteroatoms. The van der Waals surface area contributed by atoms with Crippen molar-refractivity contribution in [2.45, 2.75) is 129 Å². The fourth-order valence-corrected chi connectivity index (χ4v) is 5.66. The van der Waals surface area contributed by atoms with Gasteiger partial charge in [0.1, 0.15) is 0 Å². The van der Waals surface area contributed by atoms with Crippen molar-refractivity contribution >= 4 is 0 Å². The maximum Gasteiger partial charge on any atom is 0.180 e. The van der Waals surface area contributed by atoms with Crippen LogP contribution in [0.25, 0.3) is 0 Å². The number of hydrogen-bond donors (Lipinski definition) is 0. The van der Waals surface area contributed by atoms with Gasteiger partial charge in [-0.15, -0.1) is 0 Å². The van der Waals surface area contributed by atoms with Gasteiger partial charge in [0, 0.05) is 0 Å². The van der Waals surface area contributed by atoms with Crippen molar-refractivity contribution in [1.29, 1.82) is 0 Å². The van der Waals surface area contributed by atoms with Gasteiger partial charge in [0.15, 0.2) is 6.29 Å². The van der Waals surface area contributed by atoms with Gasteiger partial charge < -0.3 is 9.47 Å². The first-order chi connectivity index (χ1) is 14.5. The lowest BCUT2D eigenvalue weighted by Gasteiger charge is -2.34. The minimum absolute atomic E-state index is 0.178. The third-order valence-electron chi connectivity index (χ3n) is 7.50. The summed E-state index contributed by atoms with van der Waals surface area (Å²) in [5.74, 6) is 1.39. The SMILES string of the molecule is C=C(CCC=C(C)CCC=C(C)C)C1O[C@H](C2CCCCC2)[C@@H](C2CCCCC2)O1. The summed E-state index contributed by atoms with van der Waals surface area (Å²) in [6.07, 6.45) is 23.0. The molecule has 170 valence electrons. The van der Waals surface area contributed by atoms with E-state index in [0.717, 1.165) is 31.3 Å². The quantitative estimate of drug-likeness (QED) is 0.353. The number of hydrogen-bond acceptors (Lipinski definition) is 2. The van der Waals surface area contributed by atoms with Crippen LogP contribution in [0.15, 0.2) is 35.5 Å². The van der Waals surface area contributed by atoms with Crippen molar-refractivity contribution in [2.75, 3.05) is 0 Å². The molecule has 1 heterocycles. The minimum Gasteiger partial charge on any atom is -0.342 e. The molecule has 30 heavy (non-hydrogen) atoms. The normalized spacial score (nSPS) is 27.4. The van der Waals surface area contributed by atoms with Crippen molar-refractivity contribution in [2.24, 2.45) is 11.8 Å². The first kappa shape index (κ1) is 23.8. The van der Waals surface area contributed by atoms with E-state index in [0.29, 0.717) is 24.0 Å². The maximum atomic E-state index is 6.63. The molecule has 0 bridgehead atoms. The molecule has 0 unspecified atom stereocenters. The van der Waals surface area contributed by atoms with E-state index in [1.807, 2.05) is 0 Å². The van der Waals surface area contributed by atoms with Crippen molar-refractivity contribution < 1.29 is 9.47 Å². The lowest BCUT2D eigenvalue weighted by atomic mass is 9.77.